The van der Waals surface area contributed by atoms with Crippen LogP contribution in [0.2, 0.25) is 0 Å². The van der Waals surface area contributed by atoms with Gasteiger partial charge < -0.3 is 11.1 Å². The van der Waals surface area contributed by atoms with E-state index in [0.717, 1.165) is 22.0 Å². The number of hydrogen-bond donors (Lipinski definition) is 2. The van der Waals surface area contributed by atoms with Crippen molar-refractivity contribution in [2.45, 2.75) is 19.8 Å². The van der Waals surface area contributed by atoms with Crippen molar-refractivity contribution in [1.29, 1.82) is 5.26 Å². The van der Waals surface area contributed by atoms with E-state index in [1.165, 1.54) is 6.20 Å². The van der Waals surface area contributed by atoms with Gasteiger partial charge in [-0.2, -0.15) is 10.4 Å². The molecule has 3 aromatic rings. The van der Waals surface area contributed by atoms with Crippen LogP contribution >= 0.6 is 0 Å². The third kappa shape index (κ3) is 5.22. The second kappa shape index (κ2) is 9.98. The smallest absolute Gasteiger partial charge is 0.269 e. The molecule has 0 saturated heterocycles. The molecule has 8 heteroatoms. The Balaban J connectivity index is 1.91. The van der Waals surface area contributed by atoms with Crippen molar-refractivity contribution in [3.8, 4) is 11.9 Å². The van der Waals surface area contributed by atoms with Gasteiger partial charge >= 0.3 is 0 Å². The van der Waals surface area contributed by atoms with Crippen LogP contribution in [0.15, 0.2) is 65.6 Å². The summed E-state index contributed by atoms with van der Waals surface area (Å²) < 4.78 is 1.70. The van der Waals surface area contributed by atoms with Gasteiger partial charge in [-0.05, 0) is 55.5 Å². The zero-order valence-corrected chi connectivity index (χ0v) is 17.2. The molecule has 3 rings (SSSR count). The van der Waals surface area contributed by atoms with Gasteiger partial charge in [-0.3, -0.25) is 9.79 Å². The Morgan fingerprint density at radius 3 is 3.00 bits per heavy atom. The van der Waals surface area contributed by atoms with Crippen LogP contribution in [0, 0.1) is 11.3 Å². The Hall–Kier alpha value is -4.25. The topological polar surface area (TPSA) is 122 Å². The number of rotatable bonds is 8. The number of carbonyl (C=O) groups is 1. The fraction of sp³-hybridized carbons (Fsp3) is 0.174. The van der Waals surface area contributed by atoms with E-state index in [4.69, 9.17) is 11.0 Å². The number of pyridine rings is 1. The van der Waals surface area contributed by atoms with E-state index < -0.39 is 0 Å². The maximum atomic E-state index is 12.4. The summed E-state index contributed by atoms with van der Waals surface area (Å²) in [6.07, 6.45) is 6.07. The number of aromatic nitrogens is 3. The van der Waals surface area contributed by atoms with Crippen molar-refractivity contribution in [3.05, 3.63) is 71.8 Å². The Bertz CT molecular complexity index is 1210. The van der Waals surface area contributed by atoms with Gasteiger partial charge in [-0.1, -0.05) is 18.2 Å². The third-order valence-corrected chi connectivity index (χ3v) is 4.58. The summed E-state index contributed by atoms with van der Waals surface area (Å²) in [5.74, 6) is 0.252. The minimum atomic E-state index is -0.284. The van der Waals surface area contributed by atoms with E-state index in [9.17, 15) is 4.79 Å². The summed E-state index contributed by atoms with van der Waals surface area (Å²) in [7, 11) is 0. The number of allylic oxidation sites excluding steroid dienone is 2. The number of hydrogen-bond acceptors (Lipinski definition) is 6. The molecule has 2 heterocycles. The largest absolute Gasteiger partial charge is 0.397 e. The lowest BCUT2D eigenvalue weighted by atomic mass is 10.0. The third-order valence-electron chi connectivity index (χ3n) is 4.58. The molecule has 0 atom stereocenters. The van der Waals surface area contributed by atoms with E-state index >= 15 is 0 Å². The highest BCUT2D eigenvalue weighted by Crippen LogP contribution is 2.23. The van der Waals surface area contributed by atoms with E-state index in [2.05, 4.69) is 33.2 Å². The Morgan fingerprint density at radius 2 is 2.23 bits per heavy atom. The fourth-order valence-corrected chi connectivity index (χ4v) is 3.05. The molecule has 31 heavy (non-hydrogen) atoms. The normalized spacial score (nSPS) is 11.9. The van der Waals surface area contributed by atoms with E-state index in [-0.39, 0.29) is 5.91 Å². The van der Waals surface area contributed by atoms with Crippen LogP contribution in [0.3, 0.4) is 0 Å². The highest BCUT2D eigenvalue weighted by molar-refractivity contribution is 5.92. The highest BCUT2D eigenvalue weighted by atomic mass is 16.1. The number of nitrogens with one attached hydrogen (secondary N) is 1. The standard InChI is InChI=1S/C23H23N7O/c1-16(12-19(25)15-26-2)17-8-9-18-14-28-30(21(18)13-17)22-7-5-6-20(29-22)23(31)27-11-4-3-10-24/h5-9,12-15H,2-4,11,25H2,1H3,(H,27,31)/b16-12+,19-15+. The number of nitrogens with two attached hydrogens (primary N) is 1. The molecule has 156 valence electrons. The van der Waals surface area contributed by atoms with Crippen LogP contribution in [0.5, 0.6) is 0 Å². The summed E-state index contributed by atoms with van der Waals surface area (Å²) in [5.41, 5.74) is 9.50. The van der Waals surface area contributed by atoms with Crippen molar-refractivity contribution in [3.63, 3.8) is 0 Å². The summed E-state index contributed by atoms with van der Waals surface area (Å²) in [4.78, 5) is 20.5. The molecule has 0 fully saturated rings. The van der Waals surface area contributed by atoms with Crippen LogP contribution in [0.25, 0.3) is 22.3 Å². The van der Waals surface area contributed by atoms with Crippen molar-refractivity contribution >= 4 is 29.1 Å². The average Bonchev–Trinajstić information content (AvgIpc) is 3.20. The molecule has 2 aromatic heterocycles. The lowest BCUT2D eigenvalue weighted by Gasteiger charge is -2.08. The van der Waals surface area contributed by atoms with E-state index in [1.807, 2.05) is 31.2 Å². The predicted octanol–water partition coefficient (Wildman–Crippen LogP) is 3.36. The van der Waals surface area contributed by atoms with Gasteiger partial charge in [0.15, 0.2) is 5.82 Å². The first kappa shape index (κ1) is 21.5. The van der Waals surface area contributed by atoms with Crippen molar-refractivity contribution in [2.75, 3.05) is 6.54 Å². The Labute approximate surface area is 180 Å². The van der Waals surface area contributed by atoms with Crippen molar-refractivity contribution in [1.82, 2.24) is 20.1 Å². The molecular weight excluding hydrogens is 390 g/mol. The van der Waals surface area contributed by atoms with Gasteiger partial charge in [0.1, 0.15) is 5.69 Å². The molecule has 1 aromatic carbocycles. The molecule has 0 aliphatic carbocycles. The molecule has 0 bridgehead atoms. The molecule has 8 nitrogen and oxygen atoms in total. The maximum Gasteiger partial charge on any atom is 0.269 e. The molecule has 0 aliphatic rings. The lowest BCUT2D eigenvalue weighted by Crippen LogP contribution is -2.25. The summed E-state index contributed by atoms with van der Waals surface area (Å²) >= 11 is 0. The van der Waals surface area contributed by atoms with Crippen LogP contribution < -0.4 is 11.1 Å². The monoisotopic (exact) mass is 413 g/mol. The summed E-state index contributed by atoms with van der Waals surface area (Å²) in [6.45, 7) is 5.80. The first-order valence-corrected chi connectivity index (χ1v) is 9.74. The zero-order chi connectivity index (χ0) is 22.2. The molecule has 1 amide bonds. The number of amides is 1. The van der Waals surface area contributed by atoms with Gasteiger partial charge in [0.2, 0.25) is 0 Å². The Kier molecular flexibility index (Phi) is 6.91. The molecule has 0 aliphatic heterocycles. The number of benzene rings is 1. The zero-order valence-electron chi connectivity index (χ0n) is 17.2. The van der Waals surface area contributed by atoms with Crippen LogP contribution in [-0.2, 0) is 0 Å². The summed E-state index contributed by atoms with van der Waals surface area (Å²) in [6, 6.07) is 13.2. The van der Waals surface area contributed by atoms with E-state index in [1.54, 1.807) is 29.1 Å². The molecule has 0 unspecified atom stereocenters. The fourth-order valence-electron chi connectivity index (χ4n) is 3.05. The minimum absolute atomic E-state index is 0.284. The number of fused-ring (bicyclic) bond motifs is 1. The first-order chi connectivity index (χ1) is 15.0. The van der Waals surface area contributed by atoms with Crippen LogP contribution in [0.1, 0.15) is 35.8 Å². The van der Waals surface area contributed by atoms with Crippen molar-refractivity contribution < 1.29 is 4.79 Å². The average molecular weight is 413 g/mol. The molecule has 3 N–H and O–H groups in total. The van der Waals surface area contributed by atoms with Gasteiger partial charge in [0.05, 0.1) is 23.5 Å². The molecule has 0 radical (unpaired) electrons. The van der Waals surface area contributed by atoms with Crippen LogP contribution in [-0.4, -0.2) is 33.9 Å². The number of carbonyl (C=O) groups excluding carboxylic acids is 1. The second-order valence-corrected chi connectivity index (χ2v) is 6.87. The quantitative estimate of drug-likeness (QED) is 0.333. The SMILES string of the molecule is C=N/C=C(N)\C=C(/C)c1ccc2cnn(-c3cccc(C(=O)NCCCC#N)n3)c2c1. The van der Waals surface area contributed by atoms with E-state index in [0.29, 0.717) is 36.6 Å². The lowest BCUT2D eigenvalue weighted by molar-refractivity contribution is 0.0948. The molecular formula is C23H23N7O. The van der Waals surface area contributed by atoms with Crippen molar-refractivity contribution in [2.24, 2.45) is 10.7 Å². The number of nitrogens with zero attached hydrogens (tertiary/aromatic N) is 5. The number of unbranched alkanes of at least 4 members (excludes halogenated alkanes) is 1. The Morgan fingerprint density at radius 1 is 1.39 bits per heavy atom. The second-order valence-electron chi connectivity index (χ2n) is 6.87. The first-order valence-electron chi connectivity index (χ1n) is 9.74. The molecule has 0 spiro atoms. The van der Waals surface area contributed by atoms with Gasteiger partial charge in [-0.15, -0.1) is 0 Å². The minimum Gasteiger partial charge on any atom is -0.397 e. The summed E-state index contributed by atoms with van der Waals surface area (Å²) in [5, 5.41) is 16.8. The molecule has 0 saturated carbocycles. The maximum absolute atomic E-state index is 12.4. The van der Waals surface area contributed by atoms with Gasteiger partial charge in [0.25, 0.3) is 5.91 Å². The number of nitriles is 1. The van der Waals surface area contributed by atoms with Gasteiger partial charge in [-0.25, -0.2) is 9.67 Å². The highest BCUT2D eigenvalue weighted by Gasteiger charge is 2.12. The number of aliphatic imine (C=N–C) groups is 1. The van der Waals surface area contributed by atoms with Gasteiger partial charge in [0, 0.05) is 24.6 Å². The van der Waals surface area contributed by atoms with Crippen LogP contribution in [0.4, 0.5) is 0 Å². The predicted molar refractivity (Wildman–Crippen MR) is 122 cm³/mol.